The molecule has 1 unspecified atom stereocenters. The van der Waals surface area contributed by atoms with Gasteiger partial charge in [-0.15, -0.1) is 0 Å². The van der Waals surface area contributed by atoms with Crippen LogP contribution in [0.25, 0.3) is 5.69 Å². The van der Waals surface area contributed by atoms with Crippen molar-refractivity contribution in [2.45, 2.75) is 19.4 Å². The summed E-state index contributed by atoms with van der Waals surface area (Å²) >= 11 is 5.88. The summed E-state index contributed by atoms with van der Waals surface area (Å²) < 4.78 is 1.64. The maximum absolute atomic E-state index is 12.5. The molecule has 1 aromatic heterocycles. The maximum atomic E-state index is 12.5. The Morgan fingerprint density at radius 3 is 2.67 bits per heavy atom. The van der Waals surface area contributed by atoms with Crippen LogP contribution in [0.2, 0.25) is 5.02 Å². The molecule has 24 heavy (non-hydrogen) atoms. The van der Waals surface area contributed by atoms with Crippen molar-refractivity contribution in [2.24, 2.45) is 5.73 Å². The number of hydrogen-bond donors (Lipinski definition) is 2. The lowest BCUT2D eigenvalue weighted by molar-refractivity contribution is 0.0937. The van der Waals surface area contributed by atoms with Crippen molar-refractivity contribution < 1.29 is 9.59 Å². The maximum Gasteiger partial charge on any atom is 0.314 e. The van der Waals surface area contributed by atoms with Crippen LogP contribution in [0.15, 0.2) is 30.5 Å². The fourth-order valence-corrected chi connectivity index (χ4v) is 2.88. The molecule has 1 aromatic carbocycles. The molecule has 1 atom stereocenters. The number of carbonyl (C=O) groups is 2. The minimum Gasteiger partial charge on any atom is -0.351 e. The molecule has 3 N–H and O–H groups in total. The molecule has 0 saturated carbocycles. The quantitative estimate of drug-likeness (QED) is 0.885. The summed E-state index contributed by atoms with van der Waals surface area (Å²) in [7, 11) is 0. The van der Waals surface area contributed by atoms with Gasteiger partial charge in [0.15, 0.2) is 0 Å². The van der Waals surface area contributed by atoms with Crippen LogP contribution in [-0.2, 0) is 0 Å². The second-order valence-electron chi connectivity index (χ2n) is 5.79. The molecule has 8 heteroatoms. The fraction of sp³-hybridized carbons (Fsp3) is 0.312. The molecule has 1 aliphatic rings. The number of aryl methyl sites for hydroxylation is 1. The van der Waals surface area contributed by atoms with E-state index in [1.807, 2.05) is 12.1 Å². The molecule has 126 valence electrons. The zero-order chi connectivity index (χ0) is 17.3. The molecular formula is C16H18ClN5O2. The molecule has 0 spiro atoms. The Morgan fingerprint density at radius 2 is 2.04 bits per heavy atom. The summed E-state index contributed by atoms with van der Waals surface area (Å²) in [6.45, 7) is 2.78. The van der Waals surface area contributed by atoms with E-state index >= 15 is 0 Å². The number of primary amides is 1. The van der Waals surface area contributed by atoms with Crippen LogP contribution in [-0.4, -0.2) is 45.8 Å². The third-order valence-corrected chi connectivity index (χ3v) is 4.32. The summed E-state index contributed by atoms with van der Waals surface area (Å²) in [5.41, 5.74) is 7.21. The molecule has 0 bridgehead atoms. The number of carbonyl (C=O) groups excluding carboxylic acids is 2. The Morgan fingerprint density at radius 1 is 1.33 bits per heavy atom. The molecule has 3 amide bonds. The first-order chi connectivity index (χ1) is 11.4. The lowest BCUT2D eigenvalue weighted by Crippen LogP contribution is -2.40. The second-order valence-corrected chi connectivity index (χ2v) is 6.23. The van der Waals surface area contributed by atoms with E-state index in [4.69, 9.17) is 17.3 Å². The Hall–Kier alpha value is -2.54. The van der Waals surface area contributed by atoms with Crippen molar-refractivity contribution >= 4 is 23.5 Å². The van der Waals surface area contributed by atoms with Crippen LogP contribution >= 0.6 is 11.6 Å². The van der Waals surface area contributed by atoms with E-state index in [1.165, 1.54) is 4.90 Å². The standard InChI is InChI=1S/C16H18ClN5O2/c1-10-14(9-22(20-10)13-4-2-11(17)3-5-13)15(23)19-12-6-7-21(8-12)16(18)24/h2-5,9,12H,6-8H2,1H3,(H2,18,24)(H,19,23). The van der Waals surface area contributed by atoms with E-state index in [0.717, 1.165) is 5.69 Å². The van der Waals surface area contributed by atoms with Gasteiger partial charge in [0.05, 0.1) is 16.9 Å². The van der Waals surface area contributed by atoms with Gasteiger partial charge in [0.25, 0.3) is 5.91 Å². The van der Waals surface area contributed by atoms with Gasteiger partial charge >= 0.3 is 6.03 Å². The van der Waals surface area contributed by atoms with Gasteiger partial charge in [-0.25, -0.2) is 9.48 Å². The number of nitrogens with one attached hydrogen (secondary N) is 1. The zero-order valence-corrected chi connectivity index (χ0v) is 14.0. The number of nitrogens with zero attached hydrogens (tertiary/aromatic N) is 3. The Labute approximate surface area is 144 Å². The SMILES string of the molecule is Cc1nn(-c2ccc(Cl)cc2)cc1C(=O)NC1CCN(C(N)=O)C1. The van der Waals surface area contributed by atoms with E-state index in [0.29, 0.717) is 35.8 Å². The monoisotopic (exact) mass is 347 g/mol. The molecule has 2 aromatic rings. The molecule has 1 saturated heterocycles. The second kappa shape index (κ2) is 6.52. The zero-order valence-electron chi connectivity index (χ0n) is 13.2. The summed E-state index contributed by atoms with van der Waals surface area (Å²) in [5, 5.41) is 7.95. The number of urea groups is 1. The molecule has 7 nitrogen and oxygen atoms in total. The lowest BCUT2D eigenvalue weighted by Gasteiger charge is -2.14. The van der Waals surface area contributed by atoms with Gasteiger partial charge in [0.1, 0.15) is 0 Å². The molecule has 0 aliphatic carbocycles. The number of hydrogen-bond acceptors (Lipinski definition) is 3. The summed E-state index contributed by atoms with van der Waals surface area (Å²) in [5.74, 6) is -0.205. The van der Waals surface area contributed by atoms with E-state index in [-0.39, 0.29) is 11.9 Å². The van der Waals surface area contributed by atoms with Gasteiger partial charge in [0, 0.05) is 30.4 Å². The van der Waals surface area contributed by atoms with Crippen LogP contribution in [0.3, 0.4) is 0 Å². The van der Waals surface area contributed by atoms with E-state index in [1.54, 1.807) is 29.9 Å². The Balaban J connectivity index is 1.72. The fourth-order valence-electron chi connectivity index (χ4n) is 2.75. The first kappa shape index (κ1) is 16.3. The van der Waals surface area contributed by atoms with Gasteiger partial charge in [-0.1, -0.05) is 11.6 Å². The highest BCUT2D eigenvalue weighted by atomic mass is 35.5. The van der Waals surface area contributed by atoms with Crippen LogP contribution in [0.4, 0.5) is 4.79 Å². The summed E-state index contributed by atoms with van der Waals surface area (Å²) in [6, 6.07) is 6.65. The van der Waals surface area contributed by atoms with Crippen molar-refractivity contribution in [1.82, 2.24) is 20.0 Å². The van der Waals surface area contributed by atoms with Crippen LogP contribution in [0.5, 0.6) is 0 Å². The molecule has 2 heterocycles. The Bertz CT molecular complexity index is 771. The molecule has 0 radical (unpaired) electrons. The highest BCUT2D eigenvalue weighted by molar-refractivity contribution is 6.30. The van der Waals surface area contributed by atoms with Crippen LogP contribution < -0.4 is 11.1 Å². The average Bonchev–Trinajstić information content (AvgIpc) is 3.15. The van der Waals surface area contributed by atoms with Crippen LogP contribution in [0, 0.1) is 6.92 Å². The highest BCUT2D eigenvalue weighted by Crippen LogP contribution is 2.16. The first-order valence-corrected chi connectivity index (χ1v) is 7.99. The summed E-state index contributed by atoms with van der Waals surface area (Å²) in [6.07, 6.45) is 2.38. The van der Waals surface area contributed by atoms with Crippen molar-refractivity contribution in [3.05, 3.63) is 46.7 Å². The first-order valence-electron chi connectivity index (χ1n) is 7.61. The van der Waals surface area contributed by atoms with Crippen molar-refractivity contribution in [1.29, 1.82) is 0 Å². The number of likely N-dealkylation sites (tertiary alicyclic amines) is 1. The van der Waals surface area contributed by atoms with E-state index < -0.39 is 6.03 Å². The third kappa shape index (κ3) is 3.35. The number of halogens is 1. The third-order valence-electron chi connectivity index (χ3n) is 4.07. The minimum atomic E-state index is -0.460. The van der Waals surface area contributed by atoms with Crippen molar-refractivity contribution in [2.75, 3.05) is 13.1 Å². The van der Waals surface area contributed by atoms with Gasteiger partial charge in [0.2, 0.25) is 0 Å². The van der Waals surface area contributed by atoms with Gasteiger partial charge in [-0.3, -0.25) is 4.79 Å². The predicted molar refractivity (Wildman–Crippen MR) is 90.3 cm³/mol. The van der Waals surface area contributed by atoms with Crippen molar-refractivity contribution in [3.63, 3.8) is 0 Å². The number of amides is 3. The number of aromatic nitrogens is 2. The Kier molecular flexibility index (Phi) is 4.44. The number of nitrogens with two attached hydrogens (primary N) is 1. The van der Waals surface area contributed by atoms with Gasteiger partial charge in [-0.2, -0.15) is 5.10 Å². The van der Waals surface area contributed by atoms with Gasteiger partial charge < -0.3 is 16.0 Å². The van der Waals surface area contributed by atoms with Crippen molar-refractivity contribution in [3.8, 4) is 5.69 Å². The topological polar surface area (TPSA) is 93.2 Å². The van der Waals surface area contributed by atoms with Gasteiger partial charge in [-0.05, 0) is 37.6 Å². The van der Waals surface area contributed by atoms with Crippen LogP contribution in [0.1, 0.15) is 22.5 Å². The largest absolute Gasteiger partial charge is 0.351 e. The molecular weight excluding hydrogens is 330 g/mol. The number of benzene rings is 1. The molecule has 1 fully saturated rings. The number of rotatable bonds is 3. The van der Waals surface area contributed by atoms with E-state index in [9.17, 15) is 9.59 Å². The average molecular weight is 348 g/mol. The minimum absolute atomic E-state index is 0.0942. The normalized spacial score (nSPS) is 17.1. The summed E-state index contributed by atoms with van der Waals surface area (Å²) in [4.78, 5) is 25.2. The molecule has 1 aliphatic heterocycles. The smallest absolute Gasteiger partial charge is 0.314 e. The molecule has 3 rings (SSSR count). The van der Waals surface area contributed by atoms with E-state index in [2.05, 4.69) is 10.4 Å². The lowest BCUT2D eigenvalue weighted by atomic mass is 10.2. The highest BCUT2D eigenvalue weighted by Gasteiger charge is 2.27. The predicted octanol–water partition coefficient (Wildman–Crippen LogP) is 1.72.